The van der Waals surface area contributed by atoms with Crippen molar-refractivity contribution in [2.75, 3.05) is 12.8 Å². The van der Waals surface area contributed by atoms with Gasteiger partial charge >= 0.3 is 0 Å². The molecule has 0 spiro atoms. The third-order valence-corrected chi connectivity index (χ3v) is 4.65. The third-order valence-electron chi connectivity index (χ3n) is 3.13. The Morgan fingerprint density at radius 2 is 1.90 bits per heavy atom. The summed E-state index contributed by atoms with van der Waals surface area (Å²) in [5.41, 5.74) is 0.774. The Hall–Kier alpha value is -1.10. The SMILES string of the molecule is CNC(CSc1cccc(F)c1)Cc1cc(F)ccc1Cl. The van der Waals surface area contributed by atoms with E-state index in [1.54, 1.807) is 23.9 Å². The molecule has 1 nitrogen and oxygen atoms in total. The summed E-state index contributed by atoms with van der Waals surface area (Å²) in [5, 5.41) is 3.75. The Bertz CT molecular complexity index is 607. The van der Waals surface area contributed by atoms with Crippen molar-refractivity contribution in [3.63, 3.8) is 0 Å². The summed E-state index contributed by atoms with van der Waals surface area (Å²) in [6.07, 6.45) is 0.620. The molecule has 0 saturated carbocycles. The second-order valence-corrected chi connectivity index (χ2v) is 6.19. The molecule has 2 rings (SSSR count). The highest BCUT2D eigenvalue weighted by Gasteiger charge is 2.11. The summed E-state index contributed by atoms with van der Waals surface area (Å²) in [7, 11) is 1.85. The quantitative estimate of drug-likeness (QED) is 0.782. The normalized spacial score (nSPS) is 12.4. The first-order chi connectivity index (χ1) is 10.1. The maximum absolute atomic E-state index is 13.3. The van der Waals surface area contributed by atoms with E-state index in [2.05, 4.69) is 5.32 Å². The monoisotopic (exact) mass is 327 g/mol. The van der Waals surface area contributed by atoms with Gasteiger partial charge in [-0.1, -0.05) is 17.7 Å². The second-order valence-electron chi connectivity index (χ2n) is 4.69. The van der Waals surface area contributed by atoms with Crippen LogP contribution in [0.3, 0.4) is 0 Å². The minimum absolute atomic E-state index is 0.123. The molecule has 0 radical (unpaired) electrons. The summed E-state index contributed by atoms with van der Waals surface area (Å²) < 4.78 is 26.4. The fourth-order valence-electron chi connectivity index (χ4n) is 1.96. The summed E-state index contributed by atoms with van der Waals surface area (Å²) in [4.78, 5) is 0.876. The van der Waals surface area contributed by atoms with Crippen molar-refractivity contribution in [1.82, 2.24) is 5.32 Å². The van der Waals surface area contributed by atoms with Crippen LogP contribution in [0.25, 0.3) is 0 Å². The smallest absolute Gasteiger partial charge is 0.124 e. The van der Waals surface area contributed by atoms with Gasteiger partial charge in [-0.25, -0.2) is 8.78 Å². The third kappa shape index (κ3) is 4.99. The number of likely N-dealkylation sites (N-methyl/N-ethyl adjacent to an activating group) is 1. The molecule has 0 heterocycles. The average molecular weight is 328 g/mol. The average Bonchev–Trinajstić information content (AvgIpc) is 2.47. The van der Waals surface area contributed by atoms with Gasteiger partial charge in [0, 0.05) is 21.7 Å². The zero-order valence-electron chi connectivity index (χ0n) is 11.6. The van der Waals surface area contributed by atoms with Gasteiger partial charge in [-0.05, 0) is 55.4 Å². The van der Waals surface area contributed by atoms with Gasteiger partial charge in [-0.15, -0.1) is 11.8 Å². The minimum atomic E-state index is -0.290. The Morgan fingerprint density at radius 1 is 1.14 bits per heavy atom. The number of nitrogens with one attached hydrogen (secondary N) is 1. The van der Waals surface area contributed by atoms with Crippen molar-refractivity contribution >= 4 is 23.4 Å². The summed E-state index contributed by atoms with van der Waals surface area (Å²) in [5.74, 6) is 0.212. The van der Waals surface area contributed by atoms with Crippen LogP contribution in [0.2, 0.25) is 5.02 Å². The fraction of sp³-hybridized carbons (Fsp3) is 0.250. The molecule has 2 aromatic carbocycles. The molecular formula is C16H16ClF2NS. The zero-order chi connectivity index (χ0) is 15.2. The lowest BCUT2D eigenvalue weighted by Crippen LogP contribution is -2.30. The lowest BCUT2D eigenvalue weighted by molar-refractivity contribution is 0.602. The van der Waals surface area contributed by atoms with Crippen LogP contribution in [0.4, 0.5) is 8.78 Å². The van der Waals surface area contributed by atoms with Crippen LogP contribution in [0.15, 0.2) is 47.4 Å². The minimum Gasteiger partial charge on any atom is -0.316 e. The van der Waals surface area contributed by atoms with E-state index >= 15 is 0 Å². The van der Waals surface area contributed by atoms with Gasteiger partial charge in [0.2, 0.25) is 0 Å². The van der Waals surface area contributed by atoms with E-state index in [4.69, 9.17) is 11.6 Å². The molecule has 5 heteroatoms. The van der Waals surface area contributed by atoms with Crippen molar-refractivity contribution in [1.29, 1.82) is 0 Å². The van der Waals surface area contributed by atoms with Gasteiger partial charge in [-0.2, -0.15) is 0 Å². The maximum Gasteiger partial charge on any atom is 0.124 e. The second kappa shape index (κ2) is 7.78. The molecule has 1 N–H and O–H groups in total. The first-order valence-electron chi connectivity index (χ1n) is 6.58. The highest BCUT2D eigenvalue weighted by Crippen LogP contribution is 2.23. The standard InChI is InChI=1S/C16H16ClF2NS/c1-20-14(8-11-7-13(19)5-6-16(11)17)10-21-15-4-2-3-12(18)9-15/h2-7,9,14,20H,8,10H2,1H3. The van der Waals surface area contributed by atoms with E-state index in [0.717, 1.165) is 16.2 Å². The topological polar surface area (TPSA) is 12.0 Å². The predicted molar refractivity (Wildman–Crippen MR) is 85.1 cm³/mol. The van der Waals surface area contributed by atoms with E-state index in [9.17, 15) is 8.78 Å². The molecule has 0 aliphatic carbocycles. The summed E-state index contributed by atoms with van der Waals surface area (Å²) in [6.45, 7) is 0. The number of hydrogen-bond donors (Lipinski definition) is 1. The van der Waals surface area contributed by atoms with Crippen LogP contribution in [0, 0.1) is 11.6 Å². The van der Waals surface area contributed by atoms with E-state index < -0.39 is 0 Å². The van der Waals surface area contributed by atoms with Crippen molar-refractivity contribution < 1.29 is 8.78 Å². The predicted octanol–water partition coefficient (Wildman–Crippen LogP) is 4.54. The molecule has 2 aromatic rings. The Labute approximate surface area is 132 Å². The molecule has 0 aromatic heterocycles. The largest absolute Gasteiger partial charge is 0.316 e. The maximum atomic E-state index is 13.3. The van der Waals surface area contributed by atoms with Gasteiger partial charge in [0.1, 0.15) is 11.6 Å². The molecule has 0 bridgehead atoms. The highest BCUT2D eigenvalue weighted by molar-refractivity contribution is 7.99. The van der Waals surface area contributed by atoms with Gasteiger partial charge in [0.05, 0.1) is 0 Å². The number of hydrogen-bond acceptors (Lipinski definition) is 2. The van der Waals surface area contributed by atoms with Crippen LogP contribution < -0.4 is 5.32 Å². The first kappa shape index (κ1) is 16.3. The van der Waals surface area contributed by atoms with Gasteiger partial charge in [0.15, 0.2) is 0 Å². The van der Waals surface area contributed by atoms with Crippen molar-refractivity contribution in [2.24, 2.45) is 0 Å². The molecule has 0 amide bonds. The zero-order valence-corrected chi connectivity index (χ0v) is 13.1. The number of benzene rings is 2. The van der Waals surface area contributed by atoms with Crippen LogP contribution in [0.5, 0.6) is 0 Å². The Morgan fingerprint density at radius 3 is 2.62 bits per heavy atom. The van der Waals surface area contributed by atoms with Crippen molar-refractivity contribution in [3.8, 4) is 0 Å². The van der Waals surface area contributed by atoms with E-state index in [1.165, 1.54) is 24.3 Å². The molecule has 1 unspecified atom stereocenters. The molecule has 0 aliphatic rings. The lowest BCUT2D eigenvalue weighted by atomic mass is 10.1. The highest BCUT2D eigenvalue weighted by atomic mass is 35.5. The Balaban J connectivity index is 1.98. The van der Waals surface area contributed by atoms with Gasteiger partial charge in [0.25, 0.3) is 0 Å². The van der Waals surface area contributed by atoms with Crippen LogP contribution >= 0.6 is 23.4 Å². The summed E-state index contributed by atoms with van der Waals surface area (Å²) in [6, 6.07) is 11.0. The molecule has 0 saturated heterocycles. The number of halogens is 3. The van der Waals surface area contributed by atoms with E-state index in [-0.39, 0.29) is 17.7 Å². The fourth-order valence-corrected chi connectivity index (χ4v) is 3.21. The van der Waals surface area contributed by atoms with Crippen molar-refractivity contribution in [2.45, 2.75) is 17.4 Å². The van der Waals surface area contributed by atoms with Crippen LogP contribution in [0.1, 0.15) is 5.56 Å². The Kier molecular flexibility index (Phi) is 6.03. The number of thioether (sulfide) groups is 1. The van der Waals surface area contributed by atoms with Gasteiger partial charge < -0.3 is 5.32 Å². The summed E-state index contributed by atoms with van der Waals surface area (Å²) >= 11 is 7.64. The van der Waals surface area contributed by atoms with E-state index in [0.29, 0.717) is 11.4 Å². The molecule has 0 aliphatic heterocycles. The molecule has 21 heavy (non-hydrogen) atoms. The van der Waals surface area contributed by atoms with Gasteiger partial charge in [-0.3, -0.25) is 0 Å². The number of rotatable bonds is 6. The first-order valence-corrected chi connectivity index (χ1v) is 7.94. The van der Waals surface area contributed by atoms with Crippen LogP contribution in [-0.4, -0.2) is 18.8 Å². The molecular weight excluding hydrogens is 312 g/mol. The molecule has 0 fully saturated rings. The van der Waals surface area contributed by atoms with Crippen LogP contribution in [-0.2, 0) is 6.42 Å². The lowest BCUT2D eigenvalue weighted by Gasteiger charge is -2.17. The molecule has 1 atom stereocenters. The van der Waals surface area contributed by atoms with E-state index in [1.807, 2.05) is 13.1 Å². The molecule has 112 valence electrons. The van der Waals surface area contributed by atoms with Crippen molar-refractivity contribution in [3.05, 3.63) is 64.7 Å².